The average Bonchev–Trinajstić information content (AvgIpc) is 3.13. The Hall–Kier alpha value is -0.910. The van der Waals surface area contributed by atoms with E-state index in [-0.39, 0.29) is 6.04 Å². The van der Waals surface area contributed by atoms with Crippen molar-refractivity contribution < 1.29 is 4.79 Å². The van der Waals surface area contributed by atoms with Crippen LogP contribution in [0.2, 0.25) is 0 Å². The van der Waals surface area contributed by atoms with Crippen LogP contribution in [0.4, 0.5) is 0 Å². The van der Waals surface area contributed by atoms with E-state index in [1.807, 2.05) is 11.0 Å². The Balaban J connectivity index is 1.79. The summed E-state index contributed by atoms with van der Waals surface area (Å²) in [4.78, 5) is 18.4. The van der Waals surface area contributed by atoms with Gasteiger partial charge in [0.15, 0.2) is 0 Å². The maximum atomic E-state index is 12.8. The number of hydrogen-bond donors (Lipinski definition) is 1. The van der Waals surface area contributed by atoms with Crippen molar-refractivity contribution >= 4 is 17.2 Å². The van der Waals surface area contributed by atoms with Gasteiger partial charge >= 0.3 is 0 Å². The zero-order chi connectivity index (χ0) is 13.1. The topological polar surface area (TPSA) is 35.6 Å². The normalized spacial score (nSPS) is 22.6. The smallest absolute Gasteiger partial charge is 0.245 e. The molecule has 1 amide bonds. The molecule has 2 aliphatic rings. The number of carbonyl (C=O) groups is 1. The van der Waals surface area contributed by atoms with Crippen molar-refractivity contribution in [1.82, 2.24) is 15.1 Å². The maximum Gasteiger partial charge on any atom is 0.245 e. The zero-order valence-electron chi connectivity index (χ0n) is 11.2. The third-order valence-corrected chi connectivity index (χ3v) is 4.91. The van der Waals surface area contributed by atoms with E-state index >= 15 is 0 Å². The van der Waals surface area contributed by atoms with Crippen LogP contribution in [0, 0.1) is 0 Å². The van der Waals surface area contributed by atoms with Gasteiger partial charge in [-0.3, -0.25) is 9.69 Å². The second kappa shape index (κ2) is 6.03. The molecule has 19 heavy (non-hydrogen) atoms. The highest BCUT2D eigenvalue weighted by molar-refractivity contribution is 7.10. The molecule has 0 spiro atoms. The van der Waals surface area contributed by atoms with E-state index in [0.29, 0.717) is 5.91 Å². The Kier molecular flexibility index (Phi) is 4.15. The number of rotatable bonds is 3. The van der Waals surface area contributed by atoms with Crippen molar-refractivity contribution in [3.8, 4) is 0 Å². The highest BCUT2D eigenvalue weighted by Crippen LogP contribution is 2.30. The Morgan fingerprint density at radius 3 is 2.58 bits per heavy atom. The van der Waals surface area contributed by atoms with Gasteiger partial charge in [0, 0.05) is 31.1 Å². The molecule has 0 aliphatic carbocycles. The first-order valence-electron chi connectivity index (χ1n) is 7.13. The molecular formula is C14H21N3OS. The largest absolute Gasteiger partial charge is 0.338 e. The summed E-state index contributed by atoms with van der Waals surface area (Å²) in [6.45, 7) is 5.63. The van der Waals surface area contributed by atoms with E-state index in [9.17, 15) is 4.79 Å². The van der Waals surface area contributed by atoms with Gasteiger partial charge in [-0.2, -0.15) is 0 Å². The standard InChI is InChI=1S/C14H21N3OS/c18-14(17-9-5-15-6-10-17)13(12-4-3-11-19-12)16-7-1-2-8-16/h3-4,11,13,15H,1-2,5-10H2. The Bertz CT molecular complexity index is 408. The SMILES string of the molecule is O=C(C(c1cccs1)N1CCCC1)N1CCNCC1. The fourth-order valence-corrected chi connectivity index (χ4v) is 3.81. The predicted molar refractivity (Wildman–Crippen MR) is 77.3 cm³/mol. The van der Waals surface area contributed by atoms with Crippen molar-refractivity contribution in [3.05, 3.63) is 22.4 Å². The summed E-state index contributed by atoms with van der Waals surface area (Å²) in [6, 6.07) is 4.11. The average molecular weight is 279 g/mol. The predicted octanol–water partition coefficient (Wildman–Crippen LogP) is 1.32. The first kappa shape index (κ1) is 13.1. The van der Waals surface area contributed by atoms with E-state index < -0.39 is 0 Å². The van der Waals surface area contributed by atoms with Gasteiger partial charge in [-0.05, 0) is 37.4 Å². The van der Waals surface area contributed by atoms with E-state index in [4.69, 9.17) is 0 Å². The van der Waals surface area contributed by atoms with Crippen LogP contribution >= 0.6 is 11.3 Å². The van der Waals surface area contributed by atoms with Gasteiger partial charge in [-0.15, -0.1) is 11.3 Å². The van der Waals surface area contributed by atoms with E-state index in [1.54, 1.807) is 11.3 Å². The number of hydrogen-bond acceptors (Lipinski definition) is 4. The summed E-state index contributed by atoms with van der Waals surface area (Å²) < 4.78 is 0. The molecule has 0 aromatic carbocycles. The summed E-state index contributed by atoms with van der Waals surface area (Å²) in [7, 11) is 0. The molecule has 5 heteroatoms. The van der Waals surface area contributed by atoms with Crippen LogP contribution in [0.1, 0.15) is 23.8 Å². The molecule has 1 N–H and O–H groups in total. The van der Waals surface area contributed by atoms with Gasteiger partial charge in [0.25, 0.3) is 0 Å². The number of likely N-dealkylation sites (tertiary alicyclic amines) is 1. The fraction of sp³-hybridized carbons (Fsp3) is 0.643. The molecule has 2 fully saturated rings. The van der Waals surface area contributed by atoms with Crippen LogP contribution in [-0.4, -0.2) is 55.0 Å². The van der Waals surface area contributed by atoms with E-state index in [2.05, 4.69) is 21.7 Å². The van der Waals surface area contributed by atoms with Crippen molar-refractivity contribution in [2.24, 2.45) is 0 Å². The first-order valence-corrected chi connectivity index (χ1v) is 8.01. The molecule has 3 rings (SSSR count). The number of carbonyl (C=O) groups excluding carboxylic acids is 1. The molecule has 104 valence electrons. The Morgan fingerprint density at radius 1 is 1.21 bits per heavy atom. The molecule has 1 aromatic heterocycles. The molecule has 2 saturated heterocycles. The minimum absolute atomic E-state index is 0.0411. The fourth-order valence-electron chi connectivity index (χ4n) is 2.96. The minimum atomic E-state index is -0.0411. The lowest BCUT2D eigenvalue weighted by molar-refractivity contribution is -0.137. The van der Waals surface area contributed by atoms with Crippen molar-refractivity contribution in [2.75, 3.05) is 39.3 Å². The summed E-state index contributed by atoms with van der Waals surface area (Å²) in [5.74, 6) is 0.297. The Labute approximate surface area is 118 Å². The van der Waals surface area contributed by atoms with Crippen molar-refractivity contribution in [3.63, 3.8) is 0 Å². The third-order valence-electron chi connectivity index (χ3n) is 3.98. The second-order valence-corrected chi connectivity index (χ2v) is 6.22. The van der Waals surface area contributed by atoms with E-state index in [0.717, 1.165) is 39.3 Å². The van der Waals surface area contributed by atoms with Gasteiger partial charge in [0.05, 0.1) is 0 Å². The monoisotopic (exact) mass is 279 g/mol. The molecule has 1 unspecified atom stereocenters. The molecule has 4 nitrogen and oxygen atoms in total. The van der Waals surface area contributed by atoms with Gasteiger partial charge in [0.2, 0.25) is 5.91 Å². The molecule has 3 heterocycles. The summed E-state index contributed by atoms with van der Waals surface area (Å²) >= 11 is 1.71. The molecular weight excluding hydrogens is 258 g/mol. The van der Waals surface area contributed by atoms with Crippen LogP contribution in [0.15, 0.2) is 17.5 Å². The zero-order valence-corrected chi connectivity index (χ0v) is 12.0. The molecule has 0 bridgehead atoms. The van der Waals surface area contributed by atoms with Crippen LogP contribution in [0.3, 0.4) is 0 Å². The first-order chi connectivity index (χ1) is 9.36. The highest BCUT2D eigenvalue weighted by Gasteiger charge is 2.33. The summed E-state index contributed by atoms with van der Waals surface area (Å²) in [5.41, 5.74) is 0. The Morgan fingerprint density at radius 2 is 1.95 bits per heavy atom. The van der Waals surface area contributed by atoms with Crippen molar-refractivity contribution in [2.45, 2.75) is 18.9 Å². The number of nitrogens with zero attached hydrogens (tertiary/aromatic N) is 2. The van der Waals surface area contributed by atoms with Gasteiger partial charge < -0.3 is 10.2 Å². The van der Waals surface area contributed by atoms with Crippen LogP contribution in [-0.2, 0) is 4.79 Å². The number of nitrogens with one attached hydrogen (secondary N) is 1. The lowest BCUT2D eigenvalue weighted by atomic mass is 10.1. The summed E-state index contributed by atoms with van der Waals surface area (Å²) in [5, 5.41) is 5.38. The highest BCUT2D eigenvalue weighted by atomic mass is 32.1. The quantitative estimate of drug-likeness (QED) is 0.906. The number of thiophene rings is 1. The minimum Gasteiger partial charge on any atom is -0.338 e. The second-order valence-electron chi connectivity index (χ2n) is 5.24. The van der Waals surface area contributed by atoms with E-state index in [1.165, 1.54) is 17.7 Å². The lowest BCUT2D eigenvalue weighted by Gasteiger charge is -2.34. The van der Waals surface area contributed by atoms with Crippen LogP contribution in [0.25, 0.3) is 0 Å². The third kappa shape index (κ3) is 2.83. The van der Waals surface area contributed by atoms with Gasteiger partial charge in [-0.1, -0.05) is 6.07 Å². The van der Waals surface area contributed by atoms with Crippen molar-refractivity contribution in [1.29, 1.82) is 0 Å². The molecule has 2 aliphatic heterocycles. The molecule has 0 saturated carbocycles. The van der Waals surface area contributed by atoms with Crippen LogP contribution in [0.5, 0.6) is 0 Å². The number of amides is 1. The van der Waals surface area contributed by atoms with Gasteiger partial charge in [-0.25, -0.2) is 0 Å². The van der Waals surface area contributed by atoms with Crippen LogP contribution < -0.4 is 5.32 Å². The molecule has 1 atom stereocenters. The van der Waals surface area contributed by atoms with Gasteiger partial charge in [0.1, 0.15) is 6.04 Å². The lowest BCUT2D eigenvalue weighted by Crippen LogP contribution is -2.50. The maximum absolute atomic E-state index is 12.8. The molecule has 1 aromatic rings. The summed E-state index contributed by atoms with van der Waals surface area (Å²) in [6.07, 6.45) is 2.44. The number of piperazine rings is 1. The molecule has 0 radical (unpaired) electrons.